The van der Waals surface area contributed by atoms with Crippen molar-refractivity contribution >= 4 is 21.6 Å². The van der Waals surface area contributed by atoms with Crippen molar-refractivity contribution in [2.45, 2.75) is 19.9 Å². The van der Waals surface area contributed by atoms with Crippen LogP contribution in [0.5, 0.6) is 5.75 Å². The largest absolute Gasteiger partial charge is 0.497 e. The Balaban J connectivity index is 2.21. The van der Waals surface area contributed by atoms with Crippen molar-refractivity contribution in [1.82, 2.24) is 0 Å². The van der Waals surface area contributed by atoms with Gasteiger partial charge in [-0.3, -0.25) is 0 Å². The second-order valence-corrected chi connectivity index (χ2v) is 5.52. The molecular weight excluding hydrogens is 302 g/mol. The van der Waals surface area contributed by atoms with Crippen LogP contribution in [-0.2, 0) is 0 Å². The maximum Gasteiger partial charge on any atom is 0.122 e. The summed E-state index contributed by atoms with van der Waals surface area (Å²) in [6, 6.07) is 14.7. The van der Waals surface area contributed by atoms with Gasteiger partial charge in [-0.25, -0.2) is 0 Å². The summed E-state index contributed by atoms with van der Waals surface area (Å²) in [6.45, 7) is 4.30. The summed E-state index contributed by atoms with van der Waals surface area (Å²) in [7, 11) is 1.68. The molecule has 19 heavy (non-hydrogen) atoms. The molecule has 0 aliphatic carbocycles. The molecule has 1 atom stereocenters. The fourth-order valence-corrected chi connectivity index (χ4v) is 2.64. The number of hydrogen-bond donors (Lipinski definition) is 1. The number of methoxy groups -OCH3 is 1. The molecule has 100 valence electrons. The first-order chi connectivity index (χ1) is 9.10. The summed E-state index contributed by atoms with van der Waals surface area (Å²) in [4.78, 5) is 0. The Morgan fingerprint density at radius 3 is 2.58 bits per heavy atom. The average molecular weight is 320 g/mol. The molecule has 1 unspecified atom stereocenters. The van der Waals surface area contributed by atoms with Crippen molar-refractivity contribution in [2.75, 3.05) is 12.4 Å². The van der Waals surface area contributed by atoms with Gasteiger partial charge in [0.1, 0.15) is 5.75 Å². The van der Waals surface area contributed by atoms with Gasteiger partial charge in [-0.1, -0.05) is 40.2 Å². The second kappa shape index (κ2) is 6.11. The first-order valence-corrected chi connectivity index (χ1v) is 7.06. The van der Waals surface area contributed by atoms with Gasteiger partial charge in [-0.2, -0.15) is 0 Å². The first kappa shape index (κ1) is 13.9. The van der Waals surface area contributed by atoms with Gasteiger partial charge >= 0.3 is 0 Å². The minimum absolute atomic E-state index is 0.250. The number of benzene rings is 2. The monoisotopic (exact) mass is 319 g/mol. The number of halogens is 1. The summed E-state index contributed by atoms with van der Waals surface area (Å²) in [6.07, 6.45) is 0. The predicted octanol–water partition coefficient (Wildman–Crippen LogP) is 4.94. The van der Waals surface area contributed by atoms with Crippen LogP contribution in [0.2, 0.25) is 0 Å². The summed E-state index contributed by atoms with van der Waals surface area (Å²) >= 11 is 3.49. The lowest BCUT2D eigenvalue weighted by atomic mass is 10.0. The van der Waals surface area contributed by atoms with Gasteiger partial charge in [0.25, 0.3) is 0 Å². The van der Waals surface area contributed by atoms with Crippen LogP contribution < -0.4 is 10.1 Å². The quantitative estimate of drug-likeness (QED) is 0.861. The van der Waals surface area contributed by atoms with Crippen LogP contribution >= 0.6 is 15.9 Å². The maximum atomic E-state index is 5.28. The van der Waals surface area contributed by atoms with Gasteiger partial charge in [0.2, 0.25) is 0 Å². The number of ether oxygens (including phenoxy) is 1. The molecule has 0 aliphatic heterocycles. The van der Waals surface area contributed by atoms with E-state index in [-0.39, 0.29) is 6.04 Å². The number of hydrogen-bond acceptors (Lipinski definition) is 2. The minimum Gasteiger partial charge on any atom is -0.497 e. The van der Waals surface area contributed by atoms with Gasteiger partial charge in [0.05, 0.1) is 7.11 Å². The third-order valence-electron chi connectivity index (χ3n) is 3.15. The Bertz CT molecular complexity index is 568. The molecule has 2 nitrogen and oxygen atoms in total. The zero-order valence-electron chi connectivity index (χ0n) is 11.4. The van der Waals surface area contributed by atoms with E-state index in [9.17, 15) is 0 Å². The van der Waals surface area contributed by atoms with Crippen molar-refractivity contribution in [3.8, 4) is 5.75 Å². The fourth-order valence-electron chi connectivity index (χ4n) is 2.16. The number of nitrogens with one attached hydrogen (secondary N) is 1. The normalized spacial score (nSPS) is 12.0. The van der Waals surface area contributed by atoms with E-state index < -0.39 is 0 Å². The van der Waals surface area contributed by atoms with Crippen molar-refractivity contribution in [3.63, 3.8) is 0 Å². The Morgan fingerprint density at radius 2 is 1.89 bits per heavy atom. The highest BCUT2D eigenvalue weighted by Crippen LogP contribution is 2.28. The molecule has 1 N–H and O–H groups in total. The molecule has 0 heterocycles. The van der Waals surface area contributed by atoms with Crippen LogP contribution in [0, 0.1) is 6.92 Å². The van der Waals surface area contributed by atoms with E-state index in [1.165, 1.54) is 11.1 Å². The zero-order chi connectivity index (χ0) is 13.8. The molecule has 2 rings (SSSR count). The molecule has 0 fully saturated rings. The highest BCUT2D eigenvalue weighted by Gasteiger charge is 2.08. The van der Waals surface area contributed by atoms with Crippen LogP contribution in [0.15, 0.2) is 46.9 Å². The minimum atomic E-state index is 0.250. The van der Waals surface area contributed by atoms with Gasteiger partial charge in [-0.05, 0) is 37.1 Å². The number of aryl methyl sites for hydroxylation is 1. The standard InChI is InChI=1S/C16H18BrNO/c1-11-6-4-5-7-16(11)12(2)18-14-8-13(17)9-15(10-14)19-3/h4-10,12,18H,1-3H3. The molecule has 0 saturated heterocycles. The van der Waals surface area contributed by atoms with Crippen LogP contribution in [0.1, 0.15) is 24.1 Å². The van der Waals surface area contributed by atoms with E-state index in [0.29, 0.717) is 0 Å². The molecule has 3 heteroatoms. The summed E-state index contributed by atoms with van der Waals surface area (Å²) in [5.41, 5.74) is 3.65. The topological polar surface area (TPSA) is 21.3 Å². The average Bonchev–Trinajstić information content (AvgIpc) is 2.38. The van der Waals surface area contributed by atoms with E-state index in [4.69, 9.17) is 4.74 Å². The Hall–Kier alpha value is -1.48. The molecule has 0 aromatic heterocycles. The van der Waals surface area contributed by atoms with Gasteiger partial charge < -0.3 is 10.1 Å². The lowest BCUT2D eigenvalue weighted by molar-refractivity contribution is 0.414. The van der Waals surface area contributed by atoms with Crippen molar-refractivity contribution in [1.29, 1.82) is 0 Å². The van der Waals surface area contributed by atoms with Crippen LogP contribution in [0.4, 0.5) is 5.69 Å². The summed E-state index contributed by atoms with van der Waals surface area (Å²) in [5, 5.41) is 3.50. The molecule has 0 spiro atoms. The van der Waals surface area contributed by atoms with Crippen LogP contribution in [0.3, 0.4) is 0 Å². The summed E-state index contributed by atoms with van der Waals surface area (Å²) in [5.74, 6) is 0.842. The van der Waals surface area contributed by atoms with E-state index in [1.807, 2.05) is 12.1 Å². The van der Waals surface area contributed by atoms with E-state index in [0.717, 1.165) is 15.9 Å². The second-order valence-electron chi connectivity index (χ2n) is 4.60. The molecule has 0 bridgehead atoms. The molecule has 0 radical (unpaired) electrons. The molecule has 0 aliphatic rings. The third-order valence-corrected chi connectivity index (χ3v) is 3.60. The Kier molecular flexibility index (Phi) is 4.48. The highest BCUT2D eigenvalue weighted by molar-refractivity contribution is 9.10. The Labute approximate surface area is 122 Å². The van der Waals surface area contributed by atoms with Gasteiger partial charge in [-0.15, -0.1) is 0 Å². The molecule has 0 amide bonds. The number of anilines is 1. The van der Waals surface area contributed by atoms with Gasteiger partial charge in [0, 0.05) is 22.3 Å². The third kappa shape index (κ3) is 3.51. The van der Waals surface area contributed by atoms with E-state index in [2.05, 4.69) is 65.4 Å². The molecular formula is C16H18BrNO. The smallest absolute Gasteiger partial charge is 0.122 e. The predicted molar refractivity (Wildman–Crippen MR) is 83.9 cm³/mol. The highest BCUT2D eigenvalue weighted by atomic mass is 79.9. The van der Waals surface area contributed by atoms with Crippen molar-refractivity contribution < 1.29 is 4.74 Å². The van der Waals surface area contributed by atoms with E-state index in [1.54, 1.807) is 7.11 Å². The van der Waals surface area contributed by atoms with Gasteiger partial charge in [0.15, 0.2) is 0 Å². The van der Waals surface area contributed by atoms with Crippen LogP contribution in [-0.4, -0.2) is 7.11 Å². The molecule has 0 saturated carbocycles. The maximum absolute atomic E-state index is 5.28. The molecule has 2 aromatic carbocycles. The van der Waals surface area contributed by atoms with Crippen molar-refractivity contribution in [2.24, 2.45) is 0 Å². The van der Waals surface area contributed by atoms with Crippen molar-refractivity contribution in [3.05, 3.63) is 58.1 Å². The lowest BCUT2D eigenvalue weighted by Gasteiger charge is -2.18. The SMILES string of the molecule is COc1cc(Br)cc(NC(C)c2ccccc2C)c1. The van der Waals surface area contributed by atoms with Crippen LogP contribution in [0.25, 0.3) is 0 Å². The van der Waals surface area contributed by atoms with E-state index >= 15 is 0 Å². The first-order valence-electron chi connectivity index (χ1n) is 6.27. The Morgan fingerprint density at radius 1 is 1.16 bits per heavy atom. The number of rotatable bonds is 4. The fraction of sp³-hybridized carbons (Fsp3) is 0.250. The lowest BCUT2D eigenvalue weighted by Crippen LogP contribution is -2.08. The summed E-state index contributed by atoms with van der Waals surface area (Å²) < 4.78 is 6.28. The zero-order valence-corrected chi connectivity index (χ0v) is 13.0. The molecule has 2 aromatic rings.